The van der Waals surface area contributed by atoms with Crippen LogP contribution in [0.1, 0.15) is 51.6 Å². The quantitative estimate of drug-likeness (QED) is 0.173. The Kier molecular flexibility index (Phi) is 5.55. The van der Waals surface area contributed by atoms with Crippen molar-refractivity contribution in [2.75, 3.05) is 0 Å². The zero-order valence-electron chi connectivity index (χ0n) is 17.4. The smallest absolute Gasteiger partial charge is 0.343 e. The number of nitro groups is 1. The third-order valence-corrected chi connectivity index (χ3v) is 5.05. The van der Waals surface area contributed by atoms with Crippen molar-refractivity contribution in [2.24, 2.45) is 0 Å². The number of ketones is 1. The highest BCUT2D eigenvalue weighted by Gasteiger charge is 2.28. The molecule has 7 nitrogen and oxygen atoms in total. The number of esters is 1. The molecule has 0 saturated carbocycles. The zero-order chi connectivity index (χ0) is 22.8. The number of hydrogen-bond donors (Lipinski definition) is 0. The van der Waals surface area contributed by atoms with E-state index in [1.807, 2.05) is 24.3 Å². The molecule has 4 rings (SSSR count). The Bertz CT molecular complexity index is 1260. The van der Waals surface area contributed by atoms with Crippen LogP contribution in [-0.4, -0.2) is 16.7 Å². The van der Waals surface area contributed by atoms with Gasteiger partial charge in [-0.2, -0.15) is 0 Å². The second-order valence-corrected chi connectivity index (χ2v) is 7.62. The lowest BCUT2D eigenvalue weighted by molar-refractivity contribution is -0.384. The van der Waals surface area contributed by atoms with E-state index in [9.17, 15) is 19.7 Å². The summed E-state index contributed by atoms with van der Waals surface area (Å²) in [6.45, 7) is 4.22. The van der Waals surface area contributed by atoms with E-state index in [0.29, 0.717) is 11.5 Å². The average Bonchev–Trinajstić information content (AvgIpc) is 3.08. The van der Waals surface area contributed by atoms with Gasteiger partial charge < -0.3 is 9.47 Å². The number of Topliss-reactive ketones (excluding diaryl/α,β-unsaturated/α-hetero) is 1. The molecular weight excluding hydrogens is 410 g/mol. The fourth-order valence-electron chi connectivity index (χ4n) is 3.27. The zero-order valence-corrected chi connectivity index (χ0v) is 17.4. The van der Waals surface area contributed by atoms with Gasteiger partial charge in [0.05, 0.1) is 16.1 Å². The highest BCUT2D eigenvalue weighted by Crippen LogP contribution is 2.35. The van der Waals surface area contributed by atoms with Gasteiger partial charge in [-0.05, 0) is 41.3 Å². The van der Waals surface area contributed by atoms with Crippen molar-refractivity contribution >= 4 is 23.5 Å². The van der Waals surface area contributed by atoms with E-state index in [0.717, 1.165) is 11.6 Å². The van der Waals surface area contributed by atoms with E-state index < -0.39 is 10.9 Å². The summed E-state index contributed by atoms with van der Waals surface area (Å²) in [5, 5.41) is 10.9. The van der Waals surface area contributed by atoms with Gasteiger partial charge in [-0.25, -0.2) is 4.79 Å². The maximum atomic E-state index is 12.7. The predicted molar refractivity (Wildman–Crippen MR) is 118 cm³/mol. The molecule has 7 heteroatoms. The number of benzene rings is 3. The summed E-state index contributed by atoms with van der Waals surface area (Å²) in [6.07, 6.45) is 1.67. The molecule has 0 saturated heterocycles. The molecule has 3 aromatic rings. The van der Waals surface area contributed by atoms with Gasteiger partial charge in [0.2, 0.25) is 5.78 Å². The molecule has 1 heterocycles. The number of ether oxygens (including phenoxy) is 2. The molecule has 0 N–H and O–H groups in total. The van der Waals surface area contributed by atoms with Crippen molar-refractivity contribution in [2.45, 2.75) is 19.8 Å². The molecule has 0 bridgehead atoms. The molecule has 0 unspecified atom stereocenters. The Balaban J connectivity index is 1.52. The minimum Gasteiger partial charge on any atom is -0.452 e. The van der Waals surface area contributed by atoms with Crippen molar-refractivity contribution in [3.8, 4) is 11.5 Å². The van der Waals surface area contributed by atoms with Crippen molar-refractivity contribution in [3.05, 3.63) is 105 Å². The molecule has 32 heavy (non-hydrogen) atoms. The number of carbonyl (C=O) groups is 2. The molecule has 0 atom stereocenters. The van der Waals surface area contributed by atoms with Gasteiger partial charge in [-0.3, -0.25) is 14.9 Å². The van der Waals surface area contributed by atoms with Gasteiger partial charge in [0.1, 0.15) is 11.5 Å². The van der Waals surface area contributed by atoms with E-state index in [-0.39, 0.29) is 34.3 Å². The summed E-state index contributed by atoms with van der Waals surface area (Å²) in [4.78, 5) is 35.4. The number of nitrogens with zero attached hydrogens (tertiary/aromatic N) is 1. The maximum Gasteiger partial charge on any atom is 0.343 e. The second-order valence-electron chi connectivity index (χ2n) is 7.62. The molecule has 0 fully saturated rings. The molecule has 0 aliphatic carbocycles. The first-order chi connectivity index (χ1) is 15.3. The van der Waals surface area contributed by atoms with Crippen LogP contribution in [-0.2, 0) is 0 Å². The Morgan fingerprint density at radius 3 is 2.50 bits per heavy atom. The number of non-ortho nitro benzene ring substituents is 1. The van der Waals surface area contributed by atoms with Crippen molar-refractivity contribution in [1.82, 2.24) is 0 Å². The van der Waals surface area contributed by atoms with Gasteiger partial charge in [-0.1, -0.05) is 44.2 Å². The summed E-state index contributed by atoms with van der Waals surface area (Å²) in [6, 6.07) is 17.6. The monoisotopic (exact) mass is 429 g/mol. The molecule has 3 aromatic carbocycles. The van der Waals surface area contributed by atoms with Crippen molar-refractivity contribution in [1.29, 1.82) is 0 Å². The number of carbonyl (C=O) groups excluding carboxylic acids is 2. The highest BCUT2D eigenvalue weighted by molar-refractivity contribution is 6.14. The summed E-state index contributed by atoms with van der Waals surface area (Å²) >= 11 is 0. The number of fused-ring (bicyclic) bond motifs is 1. The van der Waals surface area contributed by atoms with Gasteiger partial charge in [-0.15, -0.1) is 0 Å². The van der Waals surface area contributed by atoms with Crippen LogP contribution < -0.4 is 9.47 Å². The number of rotatable bonds is 5. The van der Waals surface area contributed by atoms with Gasteiger partial charge in [0.25, 0.3) is 5.69 Å². The predicted octanol–water partition coefficient (Wildman–Crippen LogP) is 5.55. The van der Waals surface area contributed by atoms with Crippen LogP contribution in [0, 0.1) is 10.1 Å². The van der Waals surface area contributed by atoms with Crippen LogP contribution >= 0.6 is 0 Å². The molecule has 1 aliphatic heterocycles. The Morgan fingerprint density at radius 1 is 1.06 bits per heavy atom. The first kappa shape index (κ1) is 21.0. The van der Waals surface area contributed by atoms with Crippen LogP contribution in [0.5, 0.6) is 11.5 Å². The van der Waals surface area contributed by atoms with E-state index in [1.165, 1.54) is 42.0 Å². The molecule has 0 aromatic heterocycles. The summed E-state index contributed by atoms with van der Waals surface area (Å²) < 4.78 is 11.0. The van der Waals surface area contributed by atoms with Crippen molar-refractivity contribution in [3.63, 3.8) is 0 Å². The molecule has 0 spiro atoms. The number of allylic oxidation sites excluding steroid dienone is 1. The second kappa shape index (κ2) is 8.47. The first-order valence-electron chi connectivity index (χ1n) is 9.96. The average molecular weight is 429 g/mol. The molecule has 1 aliphatic rings. The third kappa shape index (κ3) is 4.27. The Hall–Kier alpha value is -4.26. The van der Waals surface area contributed by atoms with Gasteiger partial charge in [0.15, 0.2) is 5.76 Å². The van der Waals surface area contributed by atoms with Gasteiger partial charge >= 0.3 is 5.97 Å². The first-order valence-corrected chi connectivity index (χ1v) is 9.96. The topological polar surface area (TPSA) is 95.7 Å². The minimum absolute atomic E-state index is 0.0436. The van der Waals surface area contributed by atoms with Crippen LogP contribution in [0.25, 0.3) is 6.08 Å². The molecule has 0 radical (unpaired) electrons. The largest absolute Gasteiger partial charge is 0.452 e. The summed E-state index contributed by atoms with van der Waals surface area (Å²) in [7, 11) is 0. The van der Waals surface area contributed by atoms with Gasteiger partial charge in [0, 0.05) is 18.2 Å². The SMILES string of the molecule is CC(C)c1ccc(C=C2Oc3cc(OC(=O)c4cccc([N+](=O)[O-])c4)ccc3C2=O)cc1. The normalized spacial score (nSPS) is 13.7. The summed E-state index contributed by atoms with van der Waals surface area (Å²) in [5.41, 5.74) is 2.23. The lowest BCUT2D eigenvalue weighted by Crippen LogP contribution is -2.08. The fourth-order valence-corrected chi connectivity index (χ4v) is 3.27. The van der Waals surface area contributed by atoms with Crippen LogP contribution in [0.15, 0.2) is 72.5 Å². The Morgan fingerprint density at radius 2 is 1.81 bits per heavy atom. The van der Waals surface area contributed by atoms with E-state index >= 15 is 0 Å². The lowest BCUT2D eigenvalue weighted by Gasteiger charge is -2.06. The lowest BCUT2D eigenvalue weighted by atomic mass is 10.0. The highest BCUT2D eigenvalue weighted by atomic mass is 16.6. The maximum absolute atomic E-state index is 12.7. The molecule has 160 valence electrons. The Labute approximate surface area is 184 Å². The minimum atomic E-state index is -0.751. The van der Waals surface area contributed by atoms with E-state index in [4.69, 9.17) is 9.47 Å². The molecule has 0 amide bonds. The van der Waals surface area contributed by atoms with Crippen LogP contribution in [0.2, 0.25) is 0 Å². The number of nitro benzene ring substituents is 1. The van der Waals surface area contributed by atoms with Crippen LogP contribution in [0.4, 0.5) is 5.69 Å². The molecular formula is C25H19NO6. The van der Waals surface area contributed by atoms with E-state index in [2.05, 4.69) is 13.8 Å². The summed E-state index contributed by atoms with van der Waals surface area (Å²) in [5.74, 6) is 0.0244. The standard InChI is InChI=1S/C25H19NO6/c1-15(2)17-8-6-16(7-9-17)12-23-24(27)21-11-10-20(14-22(21)32-23)31-25(28)18-4-3-5-19(13-18)26(29)30/h3-15H,1-2H3. The van der Waals surface area contributed by atoms with Crippen molar-refractivity contribution < 1.29 is 24.0 Å². The number of hydrogen-bond acceptors (Lipinski definition) is 6. The van der Waals surface area contributed by atoms with Crippen LogP contribution in [0.3, 0.4) is 0 Å². The van der Waals surface area contributed by atoms with E-state index in [1.54, 1.807) is 6.08 Å². The third-order valence-electron chi connectivity index (χ3n) is 5.05. The fraction of sp³-hybridized carbons (Fsp3) is 0.120.